The van der Waals surface area contributed by atoms with Gasteiger partial charge in [-0.2, -0.15) is 13.2 Å². The normalized spacial score (nSPS) is 20.3. The largest absolute Gasteiger partial charge is 0.486 e. The number of hydrogen-bond donors (Lipinski definition) is 1. The summed E-state index contributed by atoms with van der Waals surface area (Å²) in [5.74, 6) is 1.23. The zero-order chi connectivity index (χ0) is 16.3. The first-order valence-electron chi connectivity index (χ1n) is 7.94. The van der Waals surface area contributed by atoms with Crippen LogP contribution in [-0.2, 0) is 0 Å². The Morgan fingerprint density at radius 2 is 1.87 bits per heavy atom. The van der Waals surface area contributed by atoms with Gasteiger partial charge in [-0.25, -0.2) is 0 Å². The van der Waals surface area contributed by atoms with Gasteiger partial charge in [-0.1, -0.05) is 12.1 Å². The zero-order valence-corrected chi connectivity index (χ0v) is 12.9. The molecule has 128 valence electrons. The molecular weight excluding hydrogens is 309 g/mol. The first kappa shape index (κ1) is 16.4. The Labute approximate surface area is 133 Å². The predicted octanol–water partition coefficient (Wildman–Crippen LogP) is 2.75. The molecule has 3 rings (SSSR count). The monoisotopic (exact) mass is 330 g/mol. The SMILES string of the molecule is FC(F)(F)CC[C@H](c1cccc2c1OCCO2)N1CCNCC1. The van der Waals surface area contributed by atoms with E-state index in [-0.39, 0.29) is 12.5 Å². The van der Waals surface area contributed by atoms with E-state index in [1.54, 1.807) is 6.07 Å². The third-order valence-electron chi connectivity index (χ3n) is 4.25. The molecule has 0 aromatic heterocycles. The summed E-state index contributed by atoms with van der Waals surface area (Å²) in [7, 11) is 0. The van der Waals surface area contributed by atoms with Crippen LogP contribution in [0.3, 0.4) is 0 Å². The Morgan fingerprint density at radius 3 is 2.61 bits per heavy atom. The van der Waals surface area contributed by atoms with Crippen molar-refractivity contribution in [3.8, 4) is 11.5 Å². The number of fused-ring (bicyclic) bond motifs is 1. The minimum atomic E-state index is -4.15. The fourth-order valence-corrected chi connectivity index (χ4v) is 3.19. The number of benzene rings is 1. The summed E-state index contributed by atoms with van der Waals surface area (Å²) in [6.45, 7) is 3.93. The second-order valence-electron chi connectivity index (χ2n) is 5.83. The highest BCUT2D eigenvalue weighted by atomic mass is 19.4. The molecule has 0 unspecified atom stereocenters. The Kier molecular flexibility index (Phi) is 4.96. The van der Waals surface area contributed by atoms with E-state index in [1.807, 2.05) is 12.1 Å². The van der Waals surface area contributed by atoms with Crippen molar-refractivity contribution in [3.63, 3.8) is 0 Å². The molecular formula is C16H21F3N2O2. The van der Waals surface area contributed by atoms with Crippen LogP contribution in [0.25, 0.3) is 0 Å². The number of rotatable bonds is 4. The smallest absolute Gasteiger partial charge is 0.389 e. The number of ether oxygens (including phenoxy) is 2. The van der Waals surface area contributed by atoms with Gasteiger partial charge in [0.25, 0.3) is 0 Å². The first-order chi connectivity index (χ1) is 11.0. The van der Waals surface area contributed by atoms with Crippen molar-refractivity contribution < 1.29 is 22.6 Å². The molecule has 0 amide bonds. The molecule has 1 aromatic rings. The number of nitrogens with zero attached hydrogens (tertiary/aromatic N) is 1. The van der Waals surface area contributed by atoms with Crippen molar-refractivity contribution in [2.45, 2.75) is 25.1 Å². The zero-order valence-electron chi connectivity index (χ0n) is 12.9. The second kappa shape index (κ2) is 6.97. The fraction of sp³-hybridized carbons (Fsp3) is 0.625. The molecule has 1 N–H and O–H groups in total. The summed E-state index contributed by atoms with van der Waals surface area (Å²) in [6.07, 6.45) is -4.92. The molecule has 0 bridgehead atoms. The van der Waals surface area contributed by atoms with Crippen LogP contribution in [0.4, 0.5) is 13.2 Å². The summed E-state index contributed by atoms with van der Waals surface area (Å²) in [6, 6.07) is 5.18. The van der Waals surface area contributed by atoms with Crippen LogP contribution in [0.5, 0.6) is 11.5 Å². The lowest BCUT2D eigenvalue weighted by molar-refractivity contribution is -0.138. The lowest BCUT2D eigenvalue weighted by Gasteiger charge is -2.36. The number of nitrogens with one attached hydrogen (secondary N) is 1. The van der Waals surface area contributed by atoms with Gasteiger partial charge in [0.15, 0.2) is 11.5 Å². The van der Waals surface area contributed by atoms with Crippen LogP contribution in [0, 0.1) is 0 Å². The van der Waals surface area contributed by atoms with Crippen molar-refractivity contribution in [1.29, 1.82) is 0 Å². The molecule has 4 nitrogen and oxygen atoms in total. The number of alkyl halides is 3. The third kappa shape index (κ3) is 4.09. The average molecular weight is 330 g/mol. The van der Waals surface area contributed by atoms with Crippen LogP contribution < -0.4 is 14.8 Å². The van der Waals surface area contributed by atoms with Crippen molar-refractivity contribution in [2.24, 2.45) is 0 Å². The van der Waals surface area contributed by atoms with Crippen LogP contribution in [0.15, 0.2) is 18.2 Å². The topological polar surface area (TPSA) is 33.7 Å². The quantitative estimate of drug-likeness (QED) is 0.920. The van der Waals surface area contributed by atoms with E-state index in [1.165, 1.54) is 0 Å². The standard InChI is InChI=1S/C16H21F3N2O2/c17-16(18,19)5-4-13(21-8-6-20-7-9-21)12-2-1-3-14-15(12)23-11-10-22-14/h1-3,13,20H,4-11H2/t13-/m1/s1. The van der Waals surface area contributed by atoms with E-state index in [9.17, 15) is 13.2 Å². The van der Waals surface area contributed by atoms with Gasteiger partial charge in [-0.05, 0) is 12.5 Å². The van der Waals surface area contributed by atoms with E-state index in [0.29, 0.717) is 24.7 Å². The van der Waals surface area contributed by atoms with Crippen molar-refractivity contribution in [2.75, 3.05) is 39.4 Å². The summed E-state index contributed by atoms with van der Waals surface area (Å²) >= 11 is 0. The van der Waals surface area contributed by atoms with E-state index < -0.39 is 12.6 Å². The van der Waals surface area contributed by atoms with E-state index in [4.69, 9.17) is 9.47 Å². The average Bonchev–Trinajstić information content (AvgIpc) is 2.55. The molecule has 0 saturated carbocycles. The second-order valence-corrected chi connectivity index (χ2v) is 5.83. The maximum Gasteiger partial charge on any atom is 0.389 e. The van der Waals surface area contributed by atoms with Gasteiger partial charge in [0.05, 0.1) is 0 Å². The molecule has 0 spiro atoms. The number of halogens is 3. The highest BCUT2D eigenvalue weighted by Crippen LogP contribution is 2.41. The van der Waals surface area contributed by atoms with Crippen LogP contribution in [-0.4, -0.2) is 50.5 Å². The fourth-order valence-electron chi connectivity index (χ4n) is 3.19. The Bertz CT molecular complexity index is 531. The maximum absolute atomic E-state index is 12.8. The number of piperazine rings is 1. The third-order valence-corrected chi connectivity index (χ3v) is 4.25. The highest BCUT2D eigenvalue weighted by Gasteiger charge is 2.33. The van der Waals surface area contributed by atoms with Crippen molar-refractivity contribution in [3.05, 3.63) is 23.8 Å². The highest BCUT2D eigenvalue weighted by molar-refractivity contribution is 5.49. The Hall–Kier alpha value is -1.47. The van der Waals surface area contributed by atoms with Crippen molar-refractivity contribution >= 4 is 0 Å². The van der Waals surface area contributed by atoms with Gasteiger partial charge in [0.2, 0.25) is 0 Å². The number of para-hydroxylation sites is 1. The molecule has 1 saturated heterocycles. The number of hydrogen-bond acceptors (Lipinski definition) is 4. The molecule has 2 aliphatic heterocycles. The van der Waals surface area contributed by atoms with E-state index in [2.05, 4.69) is 10.2 Å². The molecule has 2 aliphatic rings. The summed E-state index contributed by atoms with van der Waals surface area (Å²) in [5, 5.41) is 3.24. The molecule has 23 heavy (non-hydrogen) atoms. The lowest BCUT2D eigenvalue weighted by Crippen LogP contribution is -2.45. The molecule has 1 atom stereocenters. The minimum absolute atomic E-state index is 0.0311. The van der Waals surface area contributed by atoms with Gasteiger partial charge in [0, 0.05) is 44.2 Å². The summed E-state index contributed by atoms with van der Waals surface area (Å²) < 4.78 is 49.5. The molecule has 0 radical (unpaired) electrons. The first-order valence-corrected chi connectivity index (χ1v) is 7.94. The van der Waals surface area contributed by atoms with Gasteiger partial charge in [0.1, 0.15) is 13.2 Å². The molecule has 7 heteroatoms. The molecule has 1 fully saturated rings. The van der Waals surface area contributed by atoms with Crippen molar-refractivity contribution in [1.82, 2.24) is 10.2 Å². The van der Waals surface area contributed by atoms with Gasteiger partial charge in [-0.15, -0.1) is 0 Å². The summed E-state index contributed by atoms with van der Waals surface area (Å²) in [4.78, 5) is 2.11. The molecule has 0 aliphatic carbocycles. The van der Waals surface area contributed by atoms with Gasteiger partial charge in [-0.3, -0.25) is 4.90 Å². The van der Waals surface area contributed by atoms with Crippen LogP contribution in [0.1, 0.15) is 24.4 Å². The molecule has 2 heterocycles. The van der Waals surface area contributed by atoms with E-state index in [0.717, 1.165) is 31.7 Å². The summed E-state index contributed by atoms with van der Waals surface area (Å²) in [5.41, 5.74) is 0.799. The van der Waals surface area contributed by atoms with Crippen LogP contribution >= 0.6 is 0 Å². The lowest BCUT2D eigenvalue weighted by atomic mass is 9.97. The van der Waals surface area contributed by atoms with E-state index >= 15 is 0 Å². The van der Waals surface area contributed by atoms with Crippen LogP contribution in [0.2, 0.25) is 0 Å². The van der Waals surface area contributed by atoms with Gasteiger partial charge >= 0.3 is 6.18 Å². The van der Waals surface area contributed by atoms with Gasteiger partial charge < -0.3 is 14.8 Å². The molecule has 1 aromatic carbocycles. The predicted molar refractivity (Wildman–Crippen MR) is 79.9 cm³/mol. The minimum Gasteiger partial charge on any atom is -0.486 e. The Balaban J connectivity index is 1.87. The maximum atomic E-state index is 12.8. The Morgan fingerprint density at radius 1 is 1.13 bits per heavy atom.